The van der Waals surface area contributed by atoms with Gasteiger partial charge in [0.05, 0.1) is 0 Å². The summed E-state index contributed by atoms with van der Waals surface area (Å²) in [5.74, 6) is 1.35. The largest absolute Gasteiger partial charge is 0.295 e. The number of carbonyl (C=O) groups is 1. The molecule has 0 radical (unpaired) electrons. The van der Waals surface area contributed by atoms with Crippen molar-refractivity contribution in [3.05, 3.63) is 23.3 Å². The molecule has 0 N–H and O–H groups in total. The maximum atomic E-state index is 11.7. The molecule has 0 fully saturated rings. The Kier molecular flexibility index (Phi) is 4.98. The standard InChI is InChI=1S/C15H24O/c1-11(2)9-15(16)10-13(4)14-7-5-12(3)6-8-14/h5,10-11,14H,6-9H2,1-4H3/b13-10+. The Bertz CT molecular complexity index is 307. The average molecular weight is 220 g/mol. The van der Waals surface area contributed by atoms with Gasteiger partial charge in [0.25, 0.3) is 0 Å². The highest BCUT2D eigenvalue weighted by atomic mass is 16.1. The fraction of sp³-hybridized carbons (Fsp3) is 0.667. The maximum Gasteiger partial charge on any atom is 0.155 e. The van der Waals surface area contributed by atoms with E-state index in [0.29, 0.717) is 24.0 Å². The molecule has 1 aliphatic rings. The smallest absolute Gasteiger partial charge is 0.155 e. The van der Waals surface area contributed by atoms with E-state index in [1.807, 2.05) is 6.08 Å². The average Bonchev–Trinajstić information content (AvgIpc) is 2.16. The third-order valence-corrected chi connectivity index (χ3v) is 3.28. The molecule has 90 valence electrons. The number of carbonyl (C=O) groups excluding carboxylic acids is 1. The molecule has 0 saturated heterocycles. The predicted molar refractivity (Wildman–Crippen MR) is 69.3 cm³/mol. The van der Waals surface area contributed by atoms with E-state index in [0.717, 1.165) is 6.42 Å². The van der Waals surface area contributed by atoms with Crippen molar-refractivity contribution in [3.8, 4) is 0 Å². The van der Waals surface area contributed by atoms with Gasteiger partial charge in [-0.3, -0.25) is 4.79 Å². The molecule has 0 saturated carbocycles. The Hall–Kier alpha value is -0.850. The van der Waals surface area contributed by atoms with Crippen LogP contribution in [-0.4, -0.2) is 5.78 Å². The molecule has 1 atom stereocenters. The molecule has 1 aliphatic carbocycles. The summed E-state index contributed by atoms with van der Waals surface area (Å²) in [5.41, 5.74) is 2.77. The topological polar surface area (TPSA) is 17.1 Å². The van der Waals surface area contributed by atoms with E-state index < -0.39 is 0 Å². The first kappa shape index (κ1) is 13.2. The lowest BCUT2D eigenvalue weighted by atomic mass is 9.84. The van der Waals surface area contributed by atoms with Gasteiger partial charge in [-0.1, -0.05) is 31.1 Å². The molecular weight excluding hydrogens is 196 g/mol. The molecule has 0 aromatic rings. The quantitative estimate of drug-likeness (QED) is 0.510. The number of rotatable bonds is 4. The lowest BCUT2D eigenvalue weighted by molar-refractivity contribution is -0.115. The summed E-state index contributed by atoms with van der Waals surface area (Å²) in [6.07, 6.45) is 8.38. The molecule has 0 aromatic carbocycles. The number of allylic oxidation sites excluding steroid dienone is 4. The van der Waals surface area contributed by atoms with E-state index in [-0.39, 0.29) is 0 Å². The van der Waals surface area contributed by atoms with Crippen LogP contribution in [0.15, 0.2) is 23.3 Å². The van der Waals surface area contributed by atoms with Gasteiger partial charge >= 0.3 is 0 Å². The third kappa shape index (κ3) is 4.34. The highest BCUT2D eigenvalue weighted by molar-refractivity contribution is 5.90. The van der Waals surface area contributed by atoms with Gasteiger partial charge in [-0.05, 0) is 51.0 Å². The number of hydrogen-bond donors (Lipinski definition) is 0. The summed E-state index contributed by atoms with van der Waals surface area (Å²) in [5, 5.41) is 0. The SMILES string of the molecule is CC1=CCC(/C(C)=C/C(=O)CC(C)C)CC1. The highest BCUT2D eigenvalue weighted by Gasteiger charge is 2.15. The van der Waals surface area contributed by atoms with Gasteiger partial charge in [-0.2, -0.15) is 0 Å². The molecule has 0 spiro atoms. The summed E-state index contributed by atoms with van der Waals surface area (Å²) >= 11 is 0. The van der Waals surface area contributed by atoms with Crippen molar-refractivity contribution < 1.29 is 4.79 Å². The fourth-order valence-electron chi connectivity index (χ4n) is 2.21. The van der Waals surface area contributed by atoms with Gasteiger partial charge in [0.1, 0.15) is 0 Å². The zero-order valence-corrected chi connectivity index (χ0v) is 11.0. The van der Waals surface area contributed by atoms with Crippen LogP contribution in [0, 0.1) is 11.8 Å². The second kappa shape index (κ2) is 6.03. The summed E-state index contributed by atoms with van der Waals surface area (Å²) < 4.78 is 0. The van der Waals surface area contributed by atoms with Crippen LogP contribution in [0.1, 0.15) is 53.4 Å². The second-order valence-electron chi connectivity index (χ2n) is 5.47. The molecule has 0 aliphatic heterocycles. The molecule has 0 amide bonds. The lowest BCUT2D eigenvalue weighted by Crippen LogP contribution is -2.08. The lowest BCUT2D eigenvalue weighted by Gasteiger charge is -2.21. The Morgan fingerprint density at radius 3 is 2.75 bits per heavy atom. The zero-order chi connectivity index (χ0) is 12.1. The van der Waals surface area contributed by atoms with E-state index in [9.17, 15) is 4.79 Å². The first-order valence-electron chi connectivity index (χ1n) is 6.35. The van der Waals surface area contributed by atoms with Crippen LogP contribution in [-0.2, 0) is 4.79 Å². The van der Waals surface area contributed by atoms with Gasteiger partial charge < -0.3 is 0 Å². The molecule has 1 unspecified atom stereocenters. The molecule has 0 bridgehead atoms. The minimum absolute atomic E-state index is 0.291. The summed E-state index contributed by atoms with van der Waals surface area (Å²) in [6, 6.07) is 0. The fourth-order valence-corrected chi connectivity index (χ4v) is 2.21. The van der Waals surface area contributed by atoms with Gasteiger partial charge in [-0.25, -0.2) is 0 Å². The molecule has 16 heavy (non-hydrogen) atoms. The number of ketones is 1. The van der Waals surface area contributed by atoms with Gasteiger partial charge in [0, 0.05) is 6.42 Å². The molecule has 0 aromatic heterocycles. The van der Waals surface area contributed by atoms with E-state index in [2.05, 4.69) is 33.8 Å². The monoisotopic (exact) mass is 220 g/mol. The van der Waals surface area contributed by atoms with Crippen molar-refractivity contribution in [1.29, 1.82) is 0 Å². The van der Waals surface area contributed by atoms with Crippen LogP contribution in [0.25, 0.3) is 0 Å². The summed E-state index contributed by atoms with van der Waals surface area (Å²) in [4.78, 5) is 11.7. The van der Waals surface area contributed by atoms with E-state index in [1.54, 1.807) is 0 Å². The Balaban J connectivity index is 2.54. The molecule has 1 nitrogen and oxygen atoms in total. The van der Waals surface area contributed by atoms with Crippen LogP contribution in [0.2, 0.25) is 0 Å². The first-order chi connectivity index (χ1) is 7.49. The molecule has 1 heteroatoms. The van der Waals surface area contributed by atoms with Crippen molar-refractivity contribution >= 4 is 5.78 Å². The molecule has 1 rings (SSSR count). The Morgan fingerprint density at radius 1 is 1.56 bits per heavy atom. The van der Waals surface area contributed by atoms with Gasteiger partial charge in [0.15, 0.2) is 5.78 Å². The van der Waals surface area contributed by atoms with Crippen molar-refractivity contribution in [2.24, 2.45) is 11.8 Å². The van der Waals surface area contributed by atoms with Crippen LogP contribution >= 0.6 is 0 Å². The minimum Gasteiger partial charge on any atom is -0.295 e. The van der Waals surface area contributed by atoms with Crippen LogP contribution in [0.3, 0.4) is 0 Å². The minimum atomic E-state index is 0.291. The van der Waals surface area contributed by atoms with Crippen molar-refractivity contribution in [1.82, 2.24) is 0 Å². The van der Waals surface area contributed by atoms with E-state index >= 15 is 0 Å². The van der Waals surface area contributed by atoms with Crippen molar-refractivity contribution in [2.45, 2.75) is 53.4 Å². The maximum absolute atomic E-state index is 11.7. The highest BCUT2D eigenvalue weighted by Crippen LogP contribution is 2.28. The summed E-state index contributed by atoms with van der Waals surface area (Å²) in [7, 11) is 0. The van der Waals surface area contributed by atoms with Crippen molar-refractivity contribution in [3.63, 3.8) is 0 Å². The van der Waals surface area contributed by atoms with Crippen LogP contribution < -0.4 is 0 Å². The normalized spacial score (nSPS) is 22.2. The van der Waals surface area contributed by atoms with Crippen molar-refractivity contribution in [2.75, 3.05) is 0 Å². The van der Waals surface area contributed by atoms with Gasteiger partial charge in [-0.15, -0.1) is 0 Å². The first-order valence-corrected chi connectivity index (χ1v) is 6.35. The molecule has 0 heterocycles. The zero-order valence-electron chi connectivity index (χ0n) is 11.0. The van der Waals surface area contributed by atoms with E-state index in [1.165, 1.54) is 24.0 Å². The van der Waals surface area contributed by atoms with E-state index in [4.69, 9.17) is 0 Å². The van der Waals surface area contributed by atoms with Gasteiger partial charge in [0.2, 0.25) is 0 Å². The van der Waals surface area contributed by atoms with Crippen LogP contribution in [0.4, 0.5) is 0 Å². The predicted octanol–water partition coefficient (Wildman–Crippen LogP) is 4.29. The number of hydrogen-bond acceptors (Lipinski definition) is 1. The Morgan fingerprint density at radius 2 is 2.25 bits per heavy atom. The Labute approximate surface area is 99.6 Å². The third-order valence-electron chi connectivity index (χ3n) is 3.28. The second-order valence-corrected chi connectivity index (χ2v) is 5.47. The summed E-state index contributed by atoms with van der Waals surface area (Å²) in [6.45, 7) is 8.48. The molecular formula is C15H24O. The van der Waals surface area contributed by atoms with Crippen LogP contribution in [0.5, 0.6) is 0 Å².